The van der Waals surface area contributed by atoms with E-state index in [1.807, 2.05) is 51.1 Å². The largest absolute Gasteiger partial charge is 0.355 e. The van der Waals surface area contributed by atoms with Crippen molar-refractivity contribution in [1.29, 1.82) is 0 Å². The van der Waals surface area contributed by atoms with Gasteiger partial charge in [-0.1, -0.05) is 55.0 Å². The van der Waals surface area contributed by atoms with Crippen molar-refractivity contribution in [2.75, 3.05) is 26.7 Å². The summed E-state index contributed by atoms with van der Waals surface area (Å²) in [4.78, 5) is 27.5. The van der Waals surface area contributed by atoms with Crippen molar-refractivity contribution < 1.29 is 18.0 Å². The average molecular weight is 460 g/mol. The maximum Gasteiger partial charge on any atom is 0.243 e. The first-order valence-electron chi connectivity index (χ1n) is 10.8. The summed E-state index contributed by atoms with van der Waals surface area (Å²) >= 11 is 0. The van der Waals surface area contributed by atoms with Crippen LogP contribution in [0.1, 0.15) is 31.4 Å². The fourth-order valence-electron chi connectivity index (χ4n) is 3.44. The molecule has 0 aliphatic rings. The molecule has 0 radical (unpaired) electrons. The summed E-state index contributed by atoms with van der Waals surface area (Å²) in [5, 5.41) is 2.78. The lowest BCUT2D eigenvalue weighted by atomic mass is 10.1. The second-order valence-electron chi connectivity index (χ2n) is 7.72. The smallest absolute Gasteiger partial charge is 0.243 e. The molecule has 0 aliphatic heterocycles. The summed E-state index contributed by atoms with van der Waals surface area (Å²) in [6, 6.07) is 15.5. The zero-order chi connectivity index (χ0) is 23.7. The van der Waals surface area contributed by atoms with E-state index < -0.39 is 22.0 Å². The second-order valence-corrected chi connectivity index (χ2v) is 9.76. The third-order valence-electron chi connectivity index (χ3n) is 5.31. The third-order valence-corrected chi connectivity index (χ3v) is 7.13. The second kappa shape index (κ2) is 11.8. The molecule has 0 heterocycles. The van der Waals surface area contributed by atoms with Crippen LogP contribution in [0.4, 0.5) is 0 Å². The van der Waals surface area contributed by atoms with Gasteiger partial charge in [0.15, 0.2) is 0 Å². The molecular weight excluding hydrogens is 426 g/mol. The van der Waals surface area contributed by atoms with E-state index in [0.717, 1.165) is 15.4 Å². The van der Waals surface area contributed by atoms with Crippen molar-refractivity contribution in [1.82, 2.24) is 14.5 Å². The van der Waals surface area contributed by atoms with Crippen molar-refractivity contribution >= 4 is 21.8 Å². The molecule has 0 saturated carbocycles. The van der Waals surface area contributed by atoms with E-state index in [1.54, 1.807) is 12.1 Å². The van der Waals surface area contributed by atoms with Crippen LogP contribution in [-0.4, -0.2) is 62.2 Å². The van der Waals surface area contributed by atoms with Gasteiger partial charge in [-0.25, -0.2) is 8.42 Å². The van der Waals surface area contributed by atoms with Crippen molar-refractivity contribution in [2.24, 2.45) is 0 Å². The standard InChI is InChI=1S/C24H33N3O4S/c1-5-22(24(29)25-6-2)27(17-16-20-10-8-7-9-11-20)23(28)18-26(4)32(30,31)21-14-12-19(3)13-15-21/h7-15,22H,5-6,16-18H2,1-4H3,(H,25,29)/t22-/m1/s1. The minimum Gasteiger partial charge on any atom is -0.355 e. The molecular formula is C24H33N3O4S. The Bertz CT molecular complexity index is 992. The maximum absolute atomic E-state index is 13.3. The van der Waals surface area contributed by atoms with Gasteiger partial charge in [0.2, 0.25) is 21.8 Å². The summed E-state index contributed by atoms with van der Waals surface area (Å²) in [6.45, 7) is 5.97. The monoisotopic (exact) mass is 459 g/mol. The third kappa shape index (κ3) is 6.64. The maximum atomic E-state index is 13.3. The van der Waals surface area contributed by atoms with E-state index in [1.165, 1.54) is 24.1 Å². The molecule has 174 valence electrons. The van der Waals surface area contributed by atoms with Crippen LogP contribution in [0.15, 0.2) is 59.5 Å². The molecule has 0 aromatic heterocycles. The van der Waals surface area contributed by atoms with E-state index in [2.05, 4.69) is 5.32 Å². The molecule has 1 atom stereocenters. The molecule has 0 unspecified atom stereocenters. The Kier molecular flexibility index (Phi) is 9.41. The number of carbonyl (C=O) groups is 2. The van der Waals surface area contributed by atoms with Gasteiger partial charge in [0.25, 0.3) is 0 Å². The van der Waals surface area contributed by atoms with E-state index >= 15 is 0 Å². The molecule has 2 aromatic carbocycles. The fraction of sp³-hybridized carbons (Fsp3) is 0.417. The number of likely N-dealkylation sites (N-methyl/N-ethyl adjacent to an activating group) is 2. The number of sulfonamides is 1. The fourth-order valence-corrected chi connectivity index (χ4v) is 4.56. The van der Waals surface area contributed by atoms with E-state index in [4.69, 9.17) is 0 Å². The van der Waals surface area contributed by atoms with Gasteiger partial charge in [0.1, 0.15) is 6.04 Å². The number of aryl methyl sites for hydroxylation is 1. The van der Waals surface area contributed by atoms with Gasteiger partial charge in [0.05, 0.1) is 11.4 Å². The number of hydrogen-bond acceptors (Lipinski definition) is 4. The van der Waals surface area contributed by atoms with Crippen molar-refractivity contribution in [3.8, 4) is 0 Å². The van der Waals surface area contributed by atoms with Crippen molar-refractivity contribution in [3.63, 3.8) is 0 Å². The number of nitrogens with zero attached hydrogens (tertiary/aromatic N) is 2. The van der Waals surface area contributed by atoms with E-state index in [9.17, 15) is 18.0 Å². The van der Waals surface area contributed by atoms with Gasteiger partial charge < -0.3 is 10.2 Å². The zero-order valence-corrected chi connectivity index (χ0v) is 20.1. The van der Waals surface area contributed by atoms with Gasteiger partial charge in [-0.05, 0) is 44.4 Å². The first-order chi connectivity index (χ1) is 15.2. The van der Waals surface area contributed by atoms with Gasteiger partial charge in [-0.15, -0.1) is 0 Å². The first-order valence-corrected chi connectivity index (χ1v) is 12.3. The molecule has 2 amide bonds. The Hall–Kier alpha value is -2.71. The van der Waals surface area contributed by atoms with Crippen LogP contribution in [0.3, 0.4) is 0 Å². The molecule has 7 nitrogen and oxygen atoms in total. The Morgan fingerprint density at radius 1 is 1.00 bits per heavy atom. The lowest BCUT2D eigenvalue weighted by Crippen LogP contribution is -2.52. The molecule has 0 fully saturated rings. The SMILES string of the molecule is CCNC(=O)[C@@H](CC)N(CCc1ccccc1)C(=O)CN(C)S(=O)(=O)c1ccc(C)cc1. The van der Waals surface area contributed by atoms with Crippen LogP contribution in [-0.2, 0) is 26.0 Å². The van der Waals surface area contributed by atoms with Gasteiger partial charge in [-0.3, -0.25) is 9.59 Å². The first kappa shape index (κ1) is 25.5. The van der Waals surface area contributed by atoms with Crippen molar-refractivity contribution in [3.05, 3.63) is 65.7 Å². The Morgan fingerprint density at radius 2 is 1.62 bits per heavy atom. The molecule has 32 heavy (non-hydrogen) atoms. The van der Waals surface area contributed by atoms with Crippen LogP contribution in [0.2, 0.25) is 0 Å². The molecule has 8 heteroatoms. The summed E-state index contributed by atoms with van der Waals surface area (Å²) in [6.07, 6.45) is 0.998. The predicted octanol–water partition coefficient (Wildman–Crippen LogP) is 2.60. The van der Waals surface area contributed by atoms with Crippen LogP contribution in [0.5, 0.6) is 0 Å². The number of amides is 2. The highest BCUT2D eigenvalue weighted by molar-refractivity contribution is 7.89. The Balaban J connectivity index is 2.23. The van der Waals surface area contributed by atoms with Crippen molar-refractivity contribution in [2.45, 2.75) is 44.6 Å². The minimum atomic E-state index is -3.83. The number of benzene rings is 2. The summed E-state index contributed by atoms with van der Waals surface area (Å²) in [5.41, 5.74) is 1.99. The summed E-state index contributed by atoms with van der Waals surface area (Å²) < 4.78 is 26.9. The summed E-state index contributed by atoms with van der Waals surface area (Å²) in [5.74, 6) is -0.641. The number of hydrogen-bond donors (Lipinski definition) is 1. The Labute approximate surface area is 191 Å². The van der Waals surface area contributed by atoms with Crippen LogP contribution in [0, 0.1) is 6.92 Å². The van der Waals surface area contributed by atoms with Gasteiger partial charge in [0, 0.05) is 20.1 Å². The highest BCUT2D eigenvalue weighted by atomic mass is 32.2. The number of rotatable bonds is 11. The topological polar surface area (TPSA) is 86.8 Å². The van der Waals surface area contributed by atoms with E-state index in [0.29, 0.717) is 25.9 Å². The van der Waals surface area contributed by atoms with Gasteiger partial charge >= 0.3 is 0 Å². The normalized spacial score (nSPS) is 12.4. The zero-order valence-electron chi connectivity index (χ0n) is 19.2. The van der Waals surface area contributed by atoms with Crippen LogP contribution >= 0.6 is 0 Å². The minimum absolute atomic E-state index is 0.130. The lowest BCUT2D eigenvalue weighted by Gasteiger charge is -2.31. The molecule has 2 aromatic rings. The van der Waals surface area contributed by atoms with E-state index in [-0.39, 0.29) is 17.3 Å². The molecule has 0 aliphatic carbocycles. The van der Waals surface area contributed by atoms with Crippen LogP contribution < -0.4 is 5.32 Å². The molecule has 2 rings (SSSR count). The molecule has 0 saturated heterocycles. The molecule has 1 N–H and O–H groups in total. The predicted molar refractivity (Wildman–Crippen MR) is 126 cm³/mol. The Morgan fingerprint density at radius 3 is 2.19 bits per heavy atom. The quantitative estimate of drug-likeness (QED) is 0.560. The average Bonchev–Trinajstić information content (AvgIpc) is 2.77. The molecule has 0 bridgehead atoms. The lowest BCUT2D eigenvalue weighted by molar-refractivity contribution is -0.140. The van der Waals surface area contributed by atoms with Gasteiger partial charge in [-0.2, -0.15) is 4.31 Å². The summed E-state index contributed by atoms with van der Waals surface area (Å²) in [7, 11) is -2.44. The number of nitrogens with one attached hydrogen (secondary N) is 1. The van der Waals surface area contributed by atoms with Crippen LogP contribution in [0.25, 0.3) is 0 Å². The molecule has 0 spiro atoms. The highest BCUT2D eigenvalue weighted by Crippen LogP contribution is 2.16. The highest BCUT2D eigenvalue weighted by Gasteiger charge is 2.31. The number of carbonyl (C=O) groups excluding carboxylic acids is 2.